The lowest BCUT2D eigenvalue weighted by atomic mass is 9.80. The van der Waals surface area contributed by atoms with E-state index in [4.69, 9.17) is 9.26 Å². The number of anilines is 1. The molecule has 0 spiro atoms. The fourth-order valence-corrected chi connectivity index (χ4v) is 4.84. The summed E-state index contributed by atoms with van der Waals surface area (Å²) in [6.45, 7) is 7.96. The van der Waals surface area contributed by atoms with Crippen LogP contribution in [-0.4, -0.2) is 60.9 Å². The lowest BCUT2D eigenvalue weighted by Crippen LogP contribution is -2.52. The number of rotatable bonds is 9. The van der Waals surface area contributed by atoms with Gasteiger partial charge in [-0.05, 0) is 57.9 Å². The Bertz CT molecular complexity index is 931. The number of methoxy groups -OCH3 is 1. The second-order valence-electron chi connectivity index (χ2n) is 8.87. The molecule has 2 N–H and O–H groups in total. The maximum atomic E-state index is 13.0. The highest BCUT2D eigenvalue weighted by atomic mass is 19.4. The third kappa shape index (κ3) is 6.17. The van der Waals surface area contributed by atoms with E-state index in [1.807, 2.05) is 0 Å². The quantitative estimate of drug-likeness (QED) is 0.569. The molecule has 0 radical (unpaired) electrons. The smallest absolute Gasteiger partial charge is 0.384 e. The lowest BCUT2D eigenvalue weighted by Gasteiger charge is -2.42. The number of ether oxygens (including phenoxy) is 1. The molecule has 0 bridgehead atoms. The largest absolute Gasteiger partial charge is 0.416 e. The van der Waals surface area contributed by atoms with Gasteiger partial charge < -0.3 is 19.9 Å². The fraction of sp³-hybridized carbons (Fsp3) is 0.652. The number of carbonyl (C=O) groups excluding carboxylic acids is 1. The number of halogens is 3. The molecule has 1 saturated carbocycles. The lowest BCUT2D eigenvalue weighted by molar-refractivity contribution is -0.137. The van der Waals surface area contributed by atoms with Crippen molar-refractivity contribution in [2.45, 2.75) is 64.3 Å². The molecule has 0 aliphatic heterocycles. The molecule has 2 aromatic rings. The number of fused-ring (bicyclic) bond motifs is 1. The predicted molar refractivity (Wildman–Crippen MR) is 120 cm³/mol. The number of carbonyl (C=O) groups is 1. The first-order valence-electron chi connectivity index (χ1n) is 11.4. The van der Waals surface area contributed by atoms with Crippen molar-refractivity contribution in [3.63, 3.8) is 0 Å². The molecule has 7 nitrogen and oxygen atoms in total. The summed E-state index contributed by atoms with van der Waals surface area (Å²) in [6, 6.07) is 4.01. The van der Waals surface area contributed by atoms with E-state index >= 15 is 0 Å². The number of alkyl halides is 3. The van der Waals surface area contributed by atoms with Gasteiger partial charge in [0.1, 0.15) is 0 Å². The van der Waals surface area contributed by atoms with Crippen LogP contribution < -0.4 is 10.6 Å². The van der Waals surface area contributed by atoms with E-state index in [0.29, 0.717) is 18.7 Å². The summed E-state index contributed by atoms with van der Waals surface area (Å²) in [5.41, 5.74) is -0.581. The van der Waals surface area contributed by atoms with Gasteiger partial charge >= 0.3 is 6.18 Å². The van der Waals surface area contributed by atoms with Gasteiger partial charge in [-0.1, -0.05) is 12.1 Å². The van der Waals surface area contributed by atoms with Crippen molar-refractivity contribution < 1.29 is 27.2 Å². The molecule has 1 aliphatic carbocycles. The van der Waals surface area contributed by atoms with Crippen LogP contribution in [0.3, 0.4) is 0 Å². The Balaban J connectivity index is 1.61. The molecular formula is C23H33F3N4O3. The zero-order valence-electron chi connectivity index (χ0n) is 19.5. The third-order valence-electron chi connectivity index (χ3n) is 6.39. The Morgan fingerprint density at radius 3 is 2.73 bits per heavy atom. The van der Waals surface area contributed by atoms with E-state index in [2.05, 4.69) is 41.5 Å². The molecular weight excluding hydrogens is 437 g/mol. The van der Waals surface area contributed by atoms with Crippen molar-refractivity contribution in [2.24, 2.45) is 5.92 Å². The van der Waals surface area contributed by atoms with E-state index < -0.39 is 11.7 Å². The molecule has 10 heteroatoms. The van der Waals surface area contributed by atoms with Gasteiger partial charge in [-0.15, -0.1) is 0 Å². The average molecular weight is 471 g/mol. The number of hydrogen-bond acceptors (Lipinski definition) is 6. The van der Waals surface area contributed by atoms with Crippen LogP contribution in [0.4, 0.5) is 19.0 Å². The summed E-state index contributed by atoms with van der Waals surface area (Å²) in [7, 11) is 1.66. The molecule has 0 unspecified atom stereocenters. The summed E-state index contributed by atoms with van der Waals surface area (Å²) in [4.78, 5) is 15.1. The van der Waals surface area contributed by atoms with Gasteiger partial charge in [0.25, 0.3) is 0 Å². The van der Waals surface area contributed by atoms with Crippen LogP contribution >= 0.6 is 0 Å². The number of nitrogens with one attached hydrogen (secondary N) is 2. The van der Waals surface area contributed by atoms with Crippen LogP contribution in [0.15, 0.2) is 22.7 Å². The van der Waals surface area contributed by atoms with Crippen molar-refractivity contribution in [2.75, 3.05) is 32.1 Å². The van der Waals surface area contributed by atoms with Crippen molar-refractivity contribution in [3.8, 4) is 0 Å². The first-order valence-corrected chi connectivity index (χ1v) is 11.4. The summed E-state index contributed by atoms with van der Waals surface area (Å²) in [6.07, 6.45) is -1.71. The maximum absolute atomic E-state index is 13.0. The van der Waals surface area contributed by atoms with Crippen LogP contribution in [0, 0.1) is 5.92 Å². The summed E-state index contributed by atoms with van der Waals surface area (Å²) in [5.74, 6) is 0.0468. The molecule has 33 heavy (non-hydrogen) atoms. The van der Waals surface area contributed by atoms with Crippen molar-refractivity contribution in [1.82, 2.24) is 15.4 Å². The van der Waals surface area contributed by atoms with Crippen LogP contribution in [-0.2, 0) is 15.7 Å². The second kappa shape index (κ2) is 10.7. The molecule has 1 aromatic carbocycles. The van der Waals surface area contributed by atoms with Crippen molar-refractivity contribution in [1.29, 1.82) is 0 Å². The molecule has 1 fully saturated rings. The summed E-state index contributed by atoms with van der Waals surface area (Å²) in [5, 5.41) is 9.84. The predicted octanol–water partition coefficient (Wildman–Crippen LogP) is 4.29. The van der Waals surface area contributed by atoms with Crippen LogP contribution in [0.2, 0.25) is 0 Å². The Hall–Kier alpha value is -2.33. The first kappa shape index (κ1) is 25.3. The topological polar surface area (TPSA) is 79.6 Å². The van der Waals surface area contributed by atoms with Gasteiger partial charge in [0.2, 0.25) is 5.91 Å². The van der Waals surface area contributed by atoms with Crippen LogP contribution in [0.5, 0.6) is 0 Å². The minimum Gasteiger partial charge on any atom is -0.384 e. The minimum absolute atomic E-state index is 0.0211. The molecule has 3 atom stereocenters. The van der Waals surface area contributed by atoms with Gasteiger partial charge in [0.15, 0.2) is 11.4 Å². The van der Waals surface area contributed by atoms with E-state index in [9.17, 15) is 18.0 Å². The number of aromatic nitrogens is 1. The number of amides is 1. The molecule has 1 aliphatic rings. The maximum Gasteiger partial charge on any atom is 0.416 e. The summed E-state index contributed by atoms with van der Waals surface area (Å²) >= 11 is 0. The van der Waals surface area contributed by atoms with Crippen LogP contribution in [0.1, 0.15) is 45.6 Å². The second-order valence-corrected chi connectivity index (χ2v) is 8.87. The van der Waals surface area contributed by atoms with Gasteiger partial charge in [-0.2, -0.15) is 13.2 Å². The van der Waals surface area contributed by atoms with Gasteiger partial charge in [0, 0.05) is 31.2 Å². The monoisotopic (exact) mass is 470 g/mol. The van der Waals surface area contributed by atoms with Gasteiger partial charge in [-0.3, -0.25) is 9.69 Å². The molecule has 0 saturated heterocycles. The first-order chi connectivity index (χ1) is 15.6. The molecule has 1 aromatic heterocycles. The van der Waals surface area contributed by atoms with Crippen molar-refractivity contribution >= 4 is 22.7 Å². The SMILES string of the molecule is CCN(C(C)C)[C@@H]1CC[C@H](NC(=O)CNc2noc3ccc(C(F)(F)F)cc23)[C@@H](COC)C1. The zero-order chi connectivity index (χ0) is 24.2. The minimum atomic E-state index is -4.47. The van der Waals surface area contributed by atoms with E-state index in [1.54, 1.807) is 7.11 Å². The van der Waals surface area contributed by atoms with E-state index in [0.717, 1.165) is 37.9 Å². The standard InChI is InChI=1S/C23H33F3N4O3/c1-5-30(14(2)3)17-7-8-19(15(10-17)13-32-4)28-21(31)12-27-22-18-11-16(23(24,25)26)6-9-20(18)33-29-22/h6,9,11,14-15,17,19H,5,7-8,10,12-13H2,1-4H3,(H,27,29)(H,28,31)/t15-,17-,19+/m1/s1. The Labute approximate surface area is 192 Å². The van der Waals surface area contributed by atoms with Crippen LogP contribution in [0.25, 0.3) is 11.0 Å². The molecule has 3 rings (SSSR count). The summed E-state index contributed by atoms with van der Waals surface area (Å²) < 4.78 is 49.6. The van der Waals surface area contributed by atoms with E-state index in [-0.39, 0.29) is 41.2 Å². The third-order valence-corrected chi connectivity index (χ3v) is 6.39. The number of hydrogen-bond donors (Lipinski definition) is 2. The molecule has 184 valence electrons. The molecule has 1 heterocycles. The normalized spacial score (nSPS) is 21.7. The fourth-order valence-electron chi connectivity index (χ4n) is 4.84. The zero-order valence-corrected chi connectivity index (χ0v) is 19.5. The number of nitrogens with zero attached hydrogens (tertiary/aromatic N) is 2. The highest BCUT2D eigenvalue weighted by molar-refractivity contribution is 5.90. The number of benzene rings is 1. The van der Waals surface area contributed by atoms with E-state index in [1.165, 1.54) is 6.07 Å². The Kier molecular flexibility index (Phi) is 8.23. The highest BCUT2D eigenvalue weighted by Gasteiger charge is 2.34. The molecule has 1 amide bonds. The Morgan fingerprint density at radius 1 is 1.33 bits per heavy atom. The Morgan fingerprint density at radius 2 is 2.09 bits per heavy atom. The van der Waals surface area contributed by atoms with Crippen molar-refractivity contribution in [3.05, 3.63) is 23.8 Å². The highest BCUT2D eigenvalue weighted by Crippen LogP contribution is 2.34. The van der Waals surface area contributed by atoms with Gasteiger partial charge in [-0.25, -0.2) is 0 Å². The average Bonchev–Trinajstić information content (AvgIpc) is 3.16. The van der Waals surface area contributed by atoms with Gasteiger partial charge in [0.05, 0.1) is 24.1 Å².